The van der Waals surface area contributed by atoms with Crippen LogP contribution in [0.25, 0.3) is 0 Å². The summed E-state index contributed by atoms with van der Waals surface area (Å²) >= 11 is 9.46. The zero-order valence-electron chi connectivity index (χ0n) is 10.5. The zero-order valence-corrected chi connectivity index (χ0v) is 12.9. The van der Waals surface area contributed by atoms with Crippen LogP contribution in [0.2, 0.25) is 0 Å². The van der Waals surface area contributed by atoms with Gasteiger partial charge in [0.2, 0.25) is 0 Å². The van der Waals surface area contributed by atoms with Crippen molar-refractivity contribution >= 4 is 33.2 Å². The van der Waals surface area contributed by atoms with Crippen LogP contribution < -0.4 is 0 Å². The van der Waals surface area contributed by atoms with Gasteiger partial charge in [-0.1, -0.05) is 35.8 Å². The van der Waals surface area contributed by atoms with Gasteiger partial charge < -0.3 is 0 Å². The number of aryl methyl sites for hydroxylation is 1. The van der Waals surface area contributed by atoms with Crippen LogP contribution in [0.15, 0.2) is 22.7 Å². The van der Waals surface area contributed by atoms with Crippen molar-refractivity contribution in [2.45, 2.75) is 38.5 Å². The van der Waals surface area contributed by atoms with Gasteiger partial charge in [0.25, 0.3) is 5.69 Å². The van der Waals surface area contributed by atoms with Gasteiger partial charge in [-0.2, -0.15) is 0 Å². The molecule has 18 heavy (non-hydrogen) atoms. The fraction of sp³-hybridized carbons (Fsp3) is 0.538. The molecule has 0 saturated carbocycles. The van der Waals surface area contributed by atoms with E-state index < -0.39 is 0 Å². The van der Waals surface area contributed by atoms with Crippen LogP contribution >= 0.6 is 27.5 Å². The van der Waals surface area contributed by atoms with E-state index in [-0.39, 0.29) is 16.0 Å². The molecule has 1 unspecified atom stereocenters. The Labute approximate surface area is 121 Å². The van der Waals surface area contributed by atoms with Gasteiger partial charge in [-0.15, -0.1) is 11.6 Å². The largest absolute Gasteiger partial charge is 0.273 e. The van der Waals surface area contributed by atoms with Crippen LogP contribution in [0.3, 0.4) is 0 Å². The van der Waals surface area contributed by atoms with Crippen molar-refractivity contribution in [3.63, 3.8) is 0 Å². The molecule has 0 bridgehead atoms. The highest BCUT2D eigenvalue weighted by Crippen LogP contribution is 2.26. The van der Waals surface area contributed by atoms with Gasteiger partial charge in [-0.05, 0) is 31.2 Å². The fourth-order valence-electron chi connectivity index (χ4n) is 1.86. The SMILES string of the molecule is CC(C)CC(Cl)CCc1ccc(Br)cc1[N+](=O)[O-]. The second-order valence-electron chi connectivity index (χ2n) is 4.80. The number of alkyl halides is 1. The topological polar surface area (TPSA) is 43.1 Å². The molecule has 0 amide bonds. The summed E-state index contributed by atoms with van der Waals surface area (Å²) in [6.07, 6.45) is 2.35. The third kappa shape index (κ3) is 4.94. The normalized spacial score (nSPS) is 12.7. The molecule has 1 aromatic rings. The third-order valence-electron chi connectivity index (χ3n) is 2.70. The molecule has 1 rings (SSSR count). The number of nitro benzene ring substituents is 1. The second kappa shape index (κ2) is 7.10. The Kier molecular flexibility index (Phi) is 6.09. The number of rotatable bonds is 6. The highest BCUT2D eigenvalue weighted by atomic mass is 79.9. The minimum absolute atomic E-state index is 0.0771. The fourth-order valence-corrected chi connectivity index (χ4v) is 2.67. The summed E-state index contributed by atoms with van der Waals surface area (Å²) in [5.41, 5.74) is 0.912. The van der Waals surface area contributed by atoms with E-state index in [9.17, 15) is 10.1 Å². The Morgan fingerprint density at radius 1 is 1.44 bits per heavy atom. The van der Waals surface area contributed by atoms with Gasteiger partial charge in [0.1, 0.15) is 0 Å². The molecule has 1 atom stereocenters. The number of halogens is 2. The van der Waals surface area contributed by atoms with Crippen LogP contribution in [0, 0.1) is 16.0 Å². The van der Waals surface area contributed by atoms with Gasteiger partial charge >= 0.3 is 0 Å². The van der Waals surface area contributed by atoms with Gasteiger partial charge in [-0.25, -0.2) is 0 Å². The molecule has 3 nitrogen and oxygen atoms in total. The van der Waals surface area contributed by atoms with E-state index in [0.29, 0.717) is 12.3 Å². The first-order chi connectivity index (χ1) is 8.40. The van der Waals surface area contributed by atoms with Crippen LogP contribution in [-0.4, -0.2) is 10.3 Å². The van der Waals surface area contributed by atoms with Crippen molar-refractivity contribution in [1.82, 2.24) is 0 Å². The van der Waals surface area contributed by atoms with Crippen molar-refractivity contribution in [3.8, 4) is 0 Å². The Bertz CT molecular complexity index is 423. The summed E-state index contributed by atoms with van der Waals surface area (Å²) in [5.74, 6) is 0.549. The number of nitro groups is 1. The molecule has 0 fully saturated rings. The molecule has 0 radical (unpaired) electrons. The maximum absolute atomic E-state index is 10.9. The summed E-state index contributed by atoms with van der Waals surface area (Å²) in [6, 6.07) is 5.16. The summed E-state index contributed by atoms with van der Waals surface area (Å²) in [5, 5.41) is 11.0. The number of hydrogen-bond donors (Lipinski definition) is 0. The van der Waals surface area contributed by atoms with Crippen LogP contribution in [0.4, 0.5) is 5.69 Å². The van der Waals surface area contributed by atoms with Crippen molar-refractivity contribution < 1.29 is 4.92 Å². The van der Waals surface area contributed by atoms with Crippen molar-refractivity contribution in [2.24, 2.45) is 5.92 Å². The highest BCUT2D eigenvalue weighted by Gasteiger charge is 2.15. The van der Waals surface area contributed by atoms with Crippen LogP contribution in [-0.2, 0) is 6.42 Å². The predicted octanol–water partition coefficient (Wildman–Crippen LogP) is 4.94. The Hall–Kier alpha value is -0.610. The molecule has 0 aromatic heterocycles. The second-order valence-corrected chi connectivity index (χ2v) is 6.33. The Balaban J connectivity index is 2.70. The molecule has 0 N–H and O–H groups in total. The lowest BCUT2D eigenvalue weighted by Gasteiger charge is -2.11. The average Bonchev–Trinajstić information content (AvgIpc) is 2.26. The molecular weight excluding hydrogens is 318 g/mol. The quantitative estimate of drug-likeness (QED) is 0.420. The first-order valence-corrected chi connectivity index (χ1v) is 7.20. The van der Waals surface area contributed by atoms with E-state index in [0.717, 1.165) is 22.9 Å². The molecule has 100 valence electrons. The lowest BCUT2D eigenvalue weighted by Crippen LogP contribution is -2.06. The molecular formula is C13H17BrClNO2. The third-order valence-corrected chi connectivity index (χ3v) is 3.59. The summed E-state index contributed by atoms with van der Waals surface area (Å²) < 4.78 is 0.725. The summed E-state index contributed by atoms with van der Waals surface area (Å²) in [4.78, 5) is 10.6. The summed E-state index contributed by atoms with van der Waals surface area (Å²) in [7, 11) is 0. The van der Waals surface area contributed by atoms with E-state index in [2.05, 4.69) is 29.8 Å². The minimum atomic E-state index is -0.341. The number of benzene rings is 1. The lowest BCUT2D eigenvalue weighted by molar-refractivity contribution is -0.385. The van der Waals surface area contributed by atoms with Crippen LogP contribution in [0.1, 0.15) is 32.3 Å². The Morgan fingerprint density at radius 3 is 2.67 bits per heavy atom. The molecule has 5 heteroatoms. The summed E-state index contributed by atoms with van der Waals surface area (Å²) in [6.45, 7) is 4.24. The van der Waals surface area contributed by atoms with Gasteiger partial charge in [-0.3, -0.25) is 10.1 Å². The lowest BCUT2D eigenvalue weighted by atomic mass is 10.0. The smallest absolute Gasteiger partial charge is 0.258 e. The maximum atomic E-state index is 10.9. The zero-order chi connectivity index (χ0) is 13.7. The van der Waals surface area contributed by atoms with Gasteiger partial charge in [0, 0.05) is 21.5 Å². The van der Waals surface area contributed by atoms with E-state index in [4.69, 9.17) is 11.6 Å². The van der Waals surface area contributed by atoms with Crippen molar-refractivity contribution in [3.05, 3.63) is 38.3 Å². The monoisotopic (exact) mass is 333 g/mol. The van der Waals surface area contributed by atoms with E-state index in [1.165, 1.54) is 0 Å². The molecule has 0 spiro atoms. The van der Waals surface area contributed by atoms with E-state index in [1.54, 1.807) is 12.1 Å². The van der Waals surface area contributed by atoms with Crippen LogP contribution in [0.5, 0.6) is 0 Å². The standard InChI is InChI=1S/C13H17BrClNO2/c1-9(2)7-12(15)6-4-10-3-5-11(14)8-13(10)16(17)18/h3,5,8-9,12H,4,6-7H2,1-2H3. The van der Waals surface area contributed by atoms with E-state index >= 15 is 0 Å². The highest BCUT2D eigenvalue weighted by molar-refractivity contribution is 9.10. The van der Waals surface area contributed by atoms with E-state index in [1.807, 2.05) is 6.07 Å². The van der Waals surface area contributed by atoms with Gasteiger partial charge in [0.05, 0.1) is 4.92 Å². The molecule has 0 aliphatic heterocycles. The number of nitrogens with zero attached hydrogens (tertiary/aromatic N) is 1. The number of hydrogen-bond acceptors (Lipinski definition) is 2. The molecule has 0 aliphatic rings. The van der Waals surface area contributed by atoms with Crippen molar-refractivity contribution in [1.29, 1.82) is 0 Å². The maximum Gasteiger partial charge on any atom is 0.273 e. The molecule has 0 aliphatic carbocycles. The predicted molar refractivity (Wildman–Crippen MR) is 78.2 cm³/mol. The minimum Gasteiger partial charge on any atom is -0.258 e. The van der Waals surface area contributed by atoms with Gasteiger partial charge in [0.15, 0.2) is 0 Å². The first-order valence-electron chi connectivity index (χ1n) is 5.97. The Morgan fingerprint density at radius 2 is 2.11 bits per heavy atom. The molecule has 0 heterocycles. The first kappa shape index (κ1) is 15.4. The molecule has 0 saturated heterocycles. The van der Waals surface area contributed by atoms with Crippen molar-refractivity contribution in [2.75, 3.05) is 0 Å². The average molecular weight is 335 g/mol. The molecule has 1 aromatic carbocycles.